The van der Waals surface area contributed by atoms with Gasteiger partial charge in [-0.2, -0.15) is 8.94 Å². The first-order valence-electron chi connectivity index (χ1n) is 5.84. The van der Waals surface area contributed by atoms with Gasteiger partial charge in [-0.25, -0.2) is 4.98 Å². The lowest BCUT2D eigenvalue weighted by molar-refractivity contribution is -0.684. The van der Waals surface area contributed by atoms with Crippen LogP contribution in [0.2, 0.25) is 0 Å². The molecule has 2 N–H and O–H groups in total. The summed E-state index contributed by atoms with van der Waals surface area (Å²) in [6.45, 7) is 1.48. The lowest BCUT2D eigenvalue weighted by Crippen LogP contribution is -2.46. The van der Waals surface area contributed by atoms with Crippen LogP contribution in [-0.4, -0.2) is 32.4 Å². The van der Waals surface area contributed by atoms with E-state index in [4.69, 9.17) is 5.11 Å². The molecule has 1 unspecified atom stereocenters. The molecule has 2 rings (SSSR count). The fourth-order valence-electron chi connectivity index (χ4n) is 1.52. The molecule has 2 aromatic heterocycles. The molecule has 8 heteroatoms. The topological polar surface area (TPSA) is 96.1 Å². The Hall–Kier alpha value is -2.35. The number of amides is 1. The number of nitrogens with one attached hydrogen (secondary N) is 1. The number of carboxylic acid groups (broad SMARTS) is 1. The van der Waals surface area contributed by atoms with Crippen LogP contribution in [0.25, 0.3) is 10.6 Å². The molecule has 7 nitrogen and oxygen atoms in total. The van der Waals surface area contributed by atoms with Gasteiger partial charge < -0.3 is 10.4 Å². The molecule has 2 heterocycles. The Labute approximate surface area is 119 Å². The molecule has 0 aliphatic carbocycles. The number of carboxylic acids is 1. The Balaban J connectivity index is 1.97. The Morgan fingerprint density at radius 1 is 1.45 bits per heavy atom. The van der Waals surface area contributed by atoms with E-state index in [9.17, 15) is 9.59 Å². The van der Waals surface area contributed by atoms with Crippen LogP contribution in [0.15, 0.2) is 30.9 Å². The molecule has 0 aliphatic heterocycles. The van der Waals surface area contributed by atoms with Crippen molar-refractivity contribution < 1.29 is 19.3 Å². The normalized spacial score (nSPS) is 11.8. The fraction of sp³-hybridized carbons (Fsp3) is 0.250. The molecule has 0 radical (unpaired) electrons. The molecule has 0 aliphatic rings. The second-order valence-electron chi connectivity index (χ2n) is 4.13. The molecular weight excluding hydrogens is 280 g/mol. The van der Waals surface area contributed by atoms with E-state index in [1.165, 1.54) is 24.8 Å². The van der Waals surface area contributed by atoms with Crippen molar-refractivity contribution in [2.24, 2.45) is 0 Å². The second-order valence-corrected chi connectivity index (χ2v) is 4.91. The Morgan fingerprint density at radius 2 is 2.15 bits per heavy atom. The highest BCUT2D eigenvalue weighted by molar-refractivity contribution is 7.09. The van der Waals surface area contributed by atoms with E-state index in [1.807, 2.05) is 12.1 Å². The highest BCUT2D eigenvalue weighted by Crippen LogP contribution is 2.17. The average molecular weight is 293 g/mol. The first-order chi connectivity index (χ1) is 9.56. The largest absolute Gasteiger partial charge is 0.480 e. The molecule has 1 amide bonds. The summed E-state index contributed by atoms with van der Waals surface area (Å²) in [5.74, 6) is -1.41. The van der Waals surface area contributed by atoms with Crippen LogP contribution >= 0.6 is 11.5 Å². The molecule has 0 saturated heterocycles. The maximum atomic E-state index is 11.6. The van der Waals surface area contributed by atoms with Gasteiger partial charge in [-0.1, -0.05) is 0 Å². The summed E-state index contributed by atoms with van der Waals surface area (Å²) in [6, 6.07) is 2.76. The highest BCUT2D eigenvalue weighted by atomic mass is 32.1. The van der Waals surface area contributed by atoms with Crippen molar-refractivity contribution in [1.82, 2.24) is 14.7 Å². The van der Waals surface area contributed by atoms with Crippen LogP contribution < -0.4 is 9.88 Å². The molecule has 0 bridgehead atoms. The van der Waals surface area contributed by atoms with Gasteiger partial charge in [-0.15, -0.1) is 0 Å². The number of pyridine rings is 1. The minimum absolute atomic E-state index is 0.0635. The van der Waals surface area contributed by atoms with Crippen molar-refractivity contribution in [1.29, 1.82) is 0 Å². The van der Waals surface area contributed by atoms with Crippen LogP contribution in [0.4, 0.5) is 0 Å². The summed E-state index contributed by atoms with van der Waals surface area (Å²) in [4.78, 5) is 26.3. The van der Waals surface area contributed by atoms with Gasteiger partial charge >= 0.3 is 5.97 Å². The third-order valence-corrected chi connectivity index (χ3v) is 3.29. The number of hydrogen-bond donors (Lipinski definition) is 2. The van der Waals surface area contributed by atoms with Crippen LogP contribution in [0.5, 0.6) is 0 Å². The lowest BCUT2D eigenvalue weighted by Gasteiger charge is -2.06. The van der Waals surface area contributed by atoms with Crippen LogP contribution in [0.3, 0.4) is 0 Å². The van der Waals surface area contributed by atoms with Crippen molar-refractivity contribution >= 4 is 23.4 Å². The summed E-state index contributed by atoms with van der Waals surface area (Å²) >= 11 is 1.29. The maximum Gasteiger partial charge on any atom is 0.325 e. The summed E-state index contributed by atoms with van der Waals surface area (Å²) in [7, 11) is 0. The van der Waals surface area contributed by atoms with Crippen LogP contribution in [0.1, 0.15) is 6.92 Å². The van der Waals surface area contributed by atoms with E-state index in [0.29, 0.717) is 0 Å². The number of nitrogens with zero attached hydrogens (tertiary/aromatic N) is 3. The summed E-state index contributed by atoms with van der Waals surface area (Å²) in [5.41, 5.74) is 0.920. The predicted octanol–water partition coefficient (Wildman–Crippen LogP) is 0.0819. The second kappa shape index (κ2) is 6.20. The molecule has 2 aromatic rings. The Morgan fingerprint density at radius 3 is 2.70 bits per heavy atom. The van der Waals surface area contributed by atoms with Crippen molar-refractivity contribution in [3.63, 3.8) is 0 Å². The van der Waals surface area contributed by atoms with Gasteiger partial charge in [0.15, 0.2) is 12.4 Å². The molecule has 0 spiro atoms. The summed E-state index contributed by atoms with van der Waals surface area (Å²) in [5, 5.41) is 11.9. The van der Waals surface area contributed by atoms with Crippen molar-refractivity contribution in [3.8, 4) is 10.6 Å². The smallest absolute Gasteiger partial charge is 0.325 e. The molecule has 1 atom stereocenters. The first-order valence-corrected chi connectivity index (χ1v) is 6.62. The van der Waals surface area contributed by atoms with Gasteiger partial charge in [0.05, 0.1) is 0 Å². The van der Waals surface area contributed by atoms with Crippen molar-refractivity contribution in [3.05, 3.63) is 30.9 Å². The number of carbonyl (C=O) groups is 2. The number of rotatable bonds is 5. The van der Waals surface area contributed by atoms with Gasteiger partial charge in [0, 0.05) is 17.7 Å². The number of carbonyl (C=O) groups excluding carboxylic acids is 1. The molecule has 20 heavy (non-hydrogen) atoms. The van der Waals surface area contributed by atoms with Crippen LogP contribution in [0, 0.1) is 0 Å². The standard InChI is InChI=1S/C12H12N4O3S/c1-8(12(18)19)15-10(17)6-16-4-2-9(3-5-16)11-13-7-14-20-11/h2-5,7-8H,6H2,1H3,(H-,15,17,18,19)/p+1. The summed E-state index contributed by atoms with van der Waals surface area (Å²) < 4.78 is 5.58. The Bertz CT molecular complexity index is 598. The minimum atomic E-state index is -1.06. The zero-order valence-corrected chi connectivity index (χ0v) is 11.5. The third-order valence-electron chi connectivity index (χ3n) is 2.57. The average Bonchev–Trinajstić information content (AvgIpc) is 2.93. The van der Waals surface area contributed by atoms with Gasteiger partial charge in [0.1, 0.15) is 17.4 Å². The van der Waals surface area contributed by atoms with E-state index in [2.05, 4.69) is 14.7 Å². The maximum absolute atomic E-state index is 11.6. The number of aliphatic carboxylic acids is 1. The van der Waals surface area contributed by atoms with E-state index < -0.39 is 12.0 Å². The lowest BCUT2D eigenvalue weighted by atomic mass is 10.3. The van der Waals surface area contributed by atoms with Gasteiger partial charge in [-0.05, 0) is 18.5 Å². The molecule has 0 fully saturated rings. The zero-order valence-electron chi connectivity index (χ0n) is 10.7. The van der Waals surface area contributed by atoms with E-state index in [-0.39, 0.29) is 12.5 Å². The molecule has 0 aromatic carbocycles. The monoisotopic (exact) mass is 293 g/mol. The van der Waals surface area contributed by atoms with Gasteiger partial charge in [0.25, 0.3) is 5.91 Å². The molecule has 0 saturated carbocycles. The van der Waals surface area contributed by atoms with Crippen LogP contribution in [-0.2, 0) is 16.1 Å². The molecule has 104 valence electrons. The zero-order chi connectivity index (χ0) is 14.5. The quantitative estimate of drug-likeness (QED) is 0.761. The fourth-order valence-corrected chi connectivity index (χ4v) is 2.05. The van der Waals surface area contributed by atoms with Gasteiger partial charge in [-0.3, -0.25) is 9.59 Å². The van der Waals surface area contributed by atoms with E-state index in [1.54, 1.807) is 17.0 Å². The number of hydrogen-bond acceptors (Lipinski definition) is 5. The Kier molecular flexibility index (Phi) is 4.36. The minimum Gasteiger partial charge on any atom is -0.480 e. The molecular formula is C12H13N4O3S+. The highest BCUT2D eigenvalue weighted by Gasteiger charge is 2.17. The third kappa shape index (κ3) is 3.58. The van der Waals surface area contributed by atoms with Crippen molar-refractivity contribution in [2.75, 3.05) is 0 Å². The van der Waals surface area contributed by atoms with E-state index >= 15 is 0 Å². The van der Waals surface area contributed by atoms with Crippen molar-refractivity contribution in [2.45, 2.75) is 19.5 Å². The first kappa shape index (κ1) is 14.1. The van der Waals surface area contributed by atoms with Gasteiger partial charge in [0.2, 0.25) is 6.54 Å². The predicted molar refractivity (Wildman–Crippen MR) is 70.8 cm³/mol. The number of aromatic nitrogens is 3. The van der Waals surface area contributed by atoms with E-state index in [0.717, 1.165) is 10.6 Å². The SMILES string of the molecule is CC(NC(=O)C[n+]1ccc(-c2ncns2)cc1)C(=O)O. The summed E-state index contributed by atoms with van der Waals surface area (Å²) in [6.07, 6.45) is 4.96.